The number of carbonyl (C=O) groups excluding carboxylic acids is 1. The number of hydrogen-bond donors (Lipinski definition) is 0. The van der Waals surface area contributed by atoms with Crippen molar-refractivity contribution >= 4 is 31.7 Å². The first kappa shape index (κ1) is 17.2. The third-order valence-electron chi connectivity index (χ3n) is 4.27. The fourth-order valence-electron chi connectivity index (χ4n) is 2.99. The molecule has 0 N–H and O–H groups in total. The minimum Gasteiger partial charge on any atom is -0.338 e. The molecule has 0 bridgehead atoms. The molecule has 2 aromatic rings. The van der Waals surface area contributed by atoms with Crippen LogP contribution in [0.2, 0.25) is 0 Å². The maximum atomic E-state index is 12.7. The van der Waals surface area contributed by atoms with Gasteiger partial charge in [-0.05, 0) is 30.2 Å². The summed E-state index contributed by atoms with van der Waals surface area (Å²) in [6.45, 7) is 0.668. The average Bonchev–Trinajstić information content (AvgIpc) is 2.73. The monoisotopic (exact) mass is 407 g/mol. The highest BCUT2D eigenvalue weighted by Gasteiger charge is 2.32. The molecule has 0 spiro atoms. The van der Waals surface area contributed by atoms with E-state index in [0.717, 1.165) is 10.0 Å². The van der Waals surface area contributed by atoms with E-state index in [2.05, 4.69) is 15.9 Å². The van der Waals surface area contributed by atoms with Crippen molar-refractivity contribution in [3.63, 3.8) is 0 Å². The quantitative estimate of drug-likeness (QED) is 0.765. The summed E-state index contributed by atoms with van der Waals surface area (Å²) in [7, 11) is -3.27. The first-order chi connectivity index (χ1) is 11.5. The molecule has 1 heterocycles. The summed E-state index contributed by atoms with van der Waals surface area (Å²) in [5.74, 6) is -0.132. The van der Waals surface area contributed by atoms with Crippen LogP contribution in [0.1, 0.15) is 27.6 Å². The van der Waals surface area contributed by atoms with Gasteiger partial charge in [-0.2, -0.15) is 0 Å². The Labute approximate surface area is 150 Å². The molecule has 4 nitrogen and oxygen atoms in total. The SMILES string of the molecule is O=C(c1cccc(Br)c1)N1CCC(c2ccccc2)S(=O)(=O)CC1. The molecule has 0 radical (unpaired) electrons. The molecule has 1 saturated heterocycles. The van der Waals surface area contributed by atoms with Gasteiger partial charge in [0.25, 0.3) is 5.91 Å². The van der Waals surface area contributed by atoms with Crippen molar-refractivity contribution < 1.29 is 13.2 Å². The summed E-state index contributed by atoms with van der Waals surface area (Å²) in [5, 5.41) is -0.543. The Kier molecular flexibility index (Phi) is 5.06. The first-order valence-electron chi connectivity index (χ1n) is 7.79. The second kappa shape index (κ2) is 7.07. The van der Waals surface area contributed by atoms with Gasteiger partial charge in [0, 0.05) is 23.1 Å². The number of halogens is 1. The molecule has 1 unspecified atom stereocenters. The largest absolute Gasteiger partial charge is 0.338 e. The van der Waals surface area contributed by atoms with E-state index in [-0.39, 0.29) is 18.2 Å². The highest BCUT2D eigenvalue weighted by molar-refractivity contribution is 9.10. The fourth-order valence-corrected chi connectivity index (χ4v) is 5.19. The van der Waals surface area contributed by atoms with E-state index in [4.69, 9.17) is 0 Å². The van der Waals surface area contributed by atoms with Crippen molar-refractivity contribution in [2.45, 2.75) is 11.7 Å². The molecule has 0 aromatic heterocycles. The van der Waals surface area contributed by atoms with Gasteiger partial charge in [0.1, 0.15) is 0 Å². The van der Waals surface area contributed by atoms with Gasteiger partial charge in [0.05, 0.1) is 11.0 Å². The van der Waals surface area contributed by atoms with Crippen LogP contribution in [0.3, 0.4) is 0 Å². The van der Waals surface area contributed by atoms with E-state index in [9.17, 15) is 13.2 Å². The second-order valence-electron chi connectivity index (χ2n) is 5.86. The van der Waals surface area contributed by atoms with Crippen molar-refractivity contribution in [3.8, 4) is 0 Å². The van der Waals surface area contributed by atoms with Gasteiger partial charge in [-0.25, -0.2) is 8.42 Å². The standard InChI is InChI=1S/C18H18BrNO3S/c19-16-8-4-7-15(13-16)18(21)20-10-9-17(24(22,23)12-11-20)14-5-2-1-3-6-14/h1-8,13,17H,9-12H2. The van der Waals surface area contributed by atoms with Crippen molar-refractivity contribution in [1.29, 1.82) is 0 Å². The average molecular weight is 408 g/mol. The van der Waals surface area contributed by atoms with Crippen molar-refractivity contribution in [1.82, 2.24) is 4.90 Å². The first-order valence-corrected chi connectivity index (χ1v) is 10.3. The summed E-state index contributed by atoms with van der Waals surface area (Å²) < 4.78 is 26.1. The highest BCUT2D eigenvalue weighted by Crippen LogP contribution is 2.29. The third-order valence-corrected chi connectivity index (χ3v) is 6.89. The maximum Gasteiger partial charge on any atom is 0.253 e. The number of amides is 1. The number of rotatable bonds is 2. The number of benzene rings is 2. The molecule has 1 aliphatic rings. The highest BCUT2D eigenvalue weighted by atomic mass is 79.9. The Balaban J connectivity index is 1.82. The third kappa shape index (κ3) is 3.70. The van der Waals surface area contributed by atoms with E-state index < -0.39 is 15.1 Å². The van der Waals surface area contributed by atoms with Gasteiger partial charge in [-0.3, -0.25) is 4.79 Å². The van der Waals surface area contributed by atoms with Crippen molar-refractivity contribution in [3.05, 3.63) is 70.2 Å². The Morgan fingerprint density at radius 2 is 1.79 bits per heavy atom. The van der Waals surface area contributed by atoms with Gasteiger partial charge in [-0.1, -0.05) is 52.3 Å². The van der Waals surface area contributed by atoms with E-state index in [0.29, 0.717) is 18.5 Å². The van der Waals surface area contributed by atoms with Gasteiger partial charge in [0.2, 0.25) is 0 Å². The minimum atomic E-state index is -3.27. The van der Waals surface area contributed by atoms with Crippen LogP contribution in [0.25, 0.3) is 0 Å². The molecule has 1 fully saturated rings. The van der Waals surface area contributed by atoms with Gasteiger partial charge >= 0.3 is 0 Å². The Morgan fingerprint density at radius 3 is 2.50 bits per heavy atom. The molecule has 0 aliphatic carbocycles. The zero-order valence-electron chi connectivity index (χ0n) is 13.1. The Morgan fingerprint density at radius 1 is 1.04 bits per heavy atom. The zero-order chi connectivity index (χ0) is 17.2. The molecule has 1 aliphatic heterocycles. The van der Waals surface area contributed by atoms with Crippen molar-refractivity contribution in [2.75, 3.05) is 18.8 Å². The topological polar surface area (TPSA) is 54.5 Å². The van der Waals surface area contributed by atoms with Crippen LogP contribution in [0.5, 0.6) is 0 Å². The van der Waals surface area contributed by atoms with Crippen LogP contribution < -0.4 is 0 Å². The molecule has 0 saturated carbocycles. The molecule has 2 aromatic carbocycles. The van der Waals surface area contributed by atoms with Crippen LogP contribution in [0, 0.1) is 0 Å². The second-order valence-corrected chi connectivity index (χ2v) is 9.08. The number of nitrogens with zero attached hydrogens (tertiary/aromatic N) is 1. The molecule has 24 heavy (non-hydrogen) atoms. The summed E-state index contributed by atoms with van der Waals surface area (Å²) >= 11 is 3.36. The van der Waals surface area contributed by atoms with Crippen LogP contribution in [-0.4, -0.2) is 38.1 Å². The number of carbonyl (C=O) groups is 1. The van der Waals surface area contributed by atoms with E-state index in [1.165, 1.54) is 0 Å². The minimum absolute atomic E-state index is 0.00763. The van der Waals surface area contributed by atoms with Gasteiger partial charge in [-0.15, -0.1) is 0 Å². The maximum absolute atomic E-state index is 12.7. The van der Waals surface area contributed by atoms with Crippen LogP contribution in [0.15, 0.2) is 59.1 Å². The molecule has 1 atom stereocenters. The van der Waals surface area contributed by atoms with Crippen LogP contribution >= 0.6 is 15.9 Å². The summed E-state index contributed by atoms with van der Waals surface area (Å²) in [6.07, 6.45) is 0.423. The normalized spacial score (nSPS) is 20.4. The molecular weight excluding hydrogens is 390 g/mol. The zero-order valence-corrected chi connectivity index (χ0v) is 15.5. The lowest BCUT2D eigenvalue weighted by Crippen LogP contribution is -2.33. The smallest absolute Gasteiger partial charge is 0.253 e. The lowest BCUT2D eigenvalue weighted by Gasteiger charge is -2.20. The predicted octanol–water partition coefficient (Wildman–Crippen LogP) is 3.45. The van der Waals surface area contributed by atoms with Gasteiger partial charge < -0.3 is 4.90 Å². The predicted molar refractivity (Wildman–Crippen MR) is 97.6 cm³/mol. The van der Waals surface area contributed by atoms with E-state index >= 15 is 0 Å². The Hall–Kier alpha value is -1.66. The van der Waals surface area contributed by atoms with E-state index in [1.807, 2.05) is 36.4 Å². The number of hydrogen-bond acceptors (Lipinski definition) is 3. The molecular formula is C18H18BrNO3S. The molecule has 1 amide bonds. The lowest BCUT2D eigenvalue weighted by atomic mass is 10.1. The van der Waals surface area contributed by atoms with Crippen LogP contribution in [-0.2, 0) is 9.84 Å². The fraction of sp³-hybridized carbons (Fsp3) is 0.278. The summed E-state index contributed by atoms with van der Waals surface area (Å²) in [4.78, 5) is 14.3. The van der Waals surface area contributed by atoms with Crippen molar-refractivity contribution in [2.24, 2.45) is 0 Å². The molecule has 3 rings (SSSR count). The number of sulfone groups is 1. The Bertz CT molecular complexity index is 836. The van der Waals surface area contributed by atoms with Gasteiger partial charge in [0.15, 0.2) is 9.84 Å². The van der Waals surface area contributed by atoms with E-state index in [1.54, 1.807) is 23.1 Å². The molecule has 126 valence electrons. The summed E-state index contributed by atoms with van der Waals surface area (Å²) in [6, 6.07) is 16.4. The van der Waals surface area contributed by atoms with Crippen LogP contribution in [0.4, 0.5) is 0 Å². The molecule has 6 heteroatoms. The summed E-state index contributed by atoms with van der Waals surface area (Å²) in [5.41, 5.74) is 1.37. The lowest BCUT2D eigenvalue weighted by molar-refractivity contribution is 0.0766.